The number of carbonyl (C=O) groups is 2. The Morgan fingerprint density at radius 1 is 0.872 bits per heavy atom. The molecule has 0 heterocycles. The van der Waals surface area contributed by atoms with Crippen LogP contribution in [0.1, 0.15) is 52.5 Å². The van der Waals surface area contributed by atoms with Crippen molar-refractivity contribution in [2.45, 2.75) is 70.7 Å². The molecule has 3 aromatic rings. The number of ether oxygens (including phenoxy) is 1. The van der Waals surface area contributed by atoms with Crippen molar-refractivity contribution in [1.82, 2.24) is 5.32 Å². The maximum atomic E-state index is 13.0. The normalized spacial score (nSPS) is 13.4. The van der Waals surface area contributed by atoms with E-state index in [9.17, 15) is 14.7 Å². The molecule has 0 spiro atoms. The van der Waals surface area contributed by atoms with Crippen molar-refractivity contribution in [2.75, 3.05) is 6.61 Å². The lowest BCUT2D eigenvalue weighted by Gasteiger charge is -2.46. The molecule has 0 radical (unpaired) electrons. The third kappa shape index (κ3) is 8.11. The lowest BCUT2D eigenvalue weighted by Crippen LogP contribution is -2.69. The maximum absolute atomic E-state index is 13.0. The van der Waals surface area contributed by atoms with Crippen LogP contribution in [0.2, 0.25) is 5.04 Å². The molecule has 3 rings (SSSR count). The van der Waals surface area contributed by atoms with Crippen molar-refractivity contribution in [2.24, 2.45) is 0 Å². The summed E-state index contributed by atoms with van der Waals surface area (Å²) >= 11 is 0. The molecule has 6 nitrogen and oxygen atoms in total. The Bertz CT molecular complexity index is 1130. The summed E-state index contributed by atoms with van der Waals surface area (Å²) in [6.45, 7) is 8.16. The number of ketones is 1. The van der Waals surface area contributed by atoms with E-state index >= 15 is 0 Å². The Morgan fingerprint density at radius 3 is 1.85 bits per heavy atom. The summed E-state index contributed by atoms with van der Waals surface area (Å²) < 4.78 is 12.8. The van der Waals surface area contributed by atoms with Crippen LogP contribution in [-0.2, 0) is 20.6 Å². The zero-order chi connectivity index (χ0) is 28.3. The van der Waals surface area contributed by atoms with Crippen LogP contribution < -0.4 is 15.7 Å². The fraction of sp³-hybridized carbons (Fsp3) is 0.375. The Hall–Kier alpha value is -3.26. The van der Waals surface area contributed by atoms with Gasteiger partial charge in [0.15, 0.2) is 0 Å². The smallest absolute Gasteiger partial charge is 0.407 e. The lowest BCUT2D eigenvalue weighted by molar-refractivity contribution is -0.118. The zero-order valence-electron chi connectivity index (χ0n) is 23.4. The minimum absolute atomic E-state index is 0.0220. The van der Waals surface area contributed by atoms with Gasteiger partial charge in [0, 0.05) is 13.0 Å². The van der Waals surface area contributed by atoms with E-state index < -0.39 is 26.6 Å². The lowest BCUT2D eigenvalue weighted by atomic mass is 10.0. The molecule has 2 N–H and O–H groups in total. The monoisotopic (exact) mass is 547 g/mol. The van der Waals surface area contributed by atoms with Crippen LogP contribution in [0.3, 0.4) is 0 Å². The van der Waals surface area contributed by atoms with Crippen LogP contribution in [0, 0.1) is 0 Å². The molecule has 0 saturated carbocycles. The van der Waals surface area contributed by atoms with Gasteiger partial charge >= 0.3 is 6.09 Å². The predicted molar refractivity (Wildman–Crippen MR) is 158 cm³/mol. The van der Waals surface area contributed by atoms with Crippen molar-refractivity contribution >= 4 is 30.6 Å². The minimum Gasteiger partial charge on any atom is -0.445 e. The standard InChI is InChI=1S/C32H41NO5Si/c1-25(35)23-29(33-31(36)37-24-26-15-8-5-9-16-26)30(21-14-22-34)38-39(32(2,3)4,27-17-10-6-11-18-27)28-19-12-7-13-20-28/h5-13,15-20,29-30,34H,14,21-24H2,1-4H3,(H,33,36)/t29-,30-/m0/s1. The van der Waals surface area contributed by atoms with E-state index in [0.717, 1.165) is 15.9 Å². The molecule has 0 unspecified atom stereocenters. The molecular formula is C32H41NO5Si. The number of aliphatic hydroxyl groups is 1. The van der Waals surface area contributed by atoms with Gasteiger partial charge in [0.05, 0.1) is 12.1 Å². The second-order valence-electron chi connectivity index (χ2n) is 10.9. The van der Waals surface area contributed by atoms with Crippen molar-refractivity contribution in [3.05, 3.63) is 96.6 Å². The average Bonchev–Trinajstić information content (AvgIpc) is 2.92. The summed E-state index contributed by atoms with van der Waals surface area (Å²) in [4.78, 5) is 25.4. The van der Waals surface area contributed by atoms with Gasteiger partial charge in [0.25, 0.3) is 8.32 Å². The van der Waals surface area contributed by atoms with Gasteiger partial charge in [-0.2, -0.15) is 0 Å². The van der Waals surface area contributed by atoms with Gasteiger partial charge in [-0.1, -0.05) is 112 Å². The van der Waals surface area contributed by atoms with E-state index in [4.69, 9.17) is 9.16 Å². The third-order valence-corrected chi connectivity index (χ3v) is 11.9. The first-order valence-electron chi connectivity index (χ1n) is 13.5. The van der Waals surface area contributed by atoms with Crippen LogP contribution in [0.15, 0.2) is 91.0 Å². The number of aliphatic hydroxyl groups excluding tert-OH is 1. The number of hydrogen-bond donors (Lipinski definition) is 2. The van der Waals surface area contributed by atoms with Gasteiger partial charge in [0.2, 0.25) is 0 Å². The Labute approximate surface area is 233 Å². The van der Waals surface area contributed by atoms with Gasteiger partial charge in [-0.3, -0.25) is 4.79 Å². The molecule has 0 aromatic heterocycles. The molecule has 0 aliphatic rings. The molecule has 0 aliphatic heterocycles. The molecule has 0 saturated heterocycles. The van der Waals surface area contributed by atoms with Gasteiger partial charge in [-0.25, -0.2) is 4.79 Å². The number of hydrogen-bond acceptors (Lipinski definition) is 5. The summed E-state index contributed by atoms with van der Waals surface area (Å²) in [5.74, 6) is -0.0663. The molecule has 39 heavy (non-hydrogen) atoms. The number of rotatable bonds is 13. The van der Waals surface area contributed by atoms with Gasteiger partial charge in [0.1, 0.15) is 12.4 Å². The van der Waals surface area contributed by atoms with E-state index in [1.165, 1.54) is 6.92 Å². The Balaban J connectivity index is 2.01. The molecule has 0 fully saturated rings. The van der Waals surface area contributed by atoms with Crippen LogP contribution in [0.4, 0.5) is 4.79 Å². The van der Waals surface area contributed by atoms with E-state index in [1.54, 1.807) is 0 Å². The van der Waals surface area contributed by atoms with Crippen molar-refractivity contribution in [1.29, 1.82) is 0 Å². The number of Topliss-reactive ketones (excluding diaryl/α,β-unsaturated/α-hetero) is 1. The maximum Gasteiger partial charge on any atom is 0.407 e. The second-order valence-corrected chi connectivity index (χ2v) is 15.2. The van der Waals surface area contributed by atoms with Gasteiger partial charge < -0.3 is 19.6 Å². The van der Waals surface area contributed by atoms with Crippen LogP contribution in [0.5, 0.6) is 0 Å². The van der Waals surface area contributed by atoms with Gasteiger partial charge in [-0.15, -0.1) is 0 Å². The minimum atomic E-state index is -2.98. The molecule has 0 bridgehead atoms. The van der Waals surface area contributed by atoms with Crippen LogP contribution in [0.25, 0.3) is 0 Å². The highest BCUT2D eigenvalue weighted by atomic mass is 28.4. The van der Waals surface area contributed by atoms with Crippen molar-refractivity contribution < 1.29 is 23.9 Å². The highest BCUT2D eigenvalue weighted by Crippen LogP contribution is 2.38. The SMILES string of the molecule is CC(=O)C[C@H](NC(=O)OCc1ccccc1)[C@H](CCCO)O[Si](c1ccccc1)(c1ccccc1)C(C)(C)C. The largest absolute Gasteiger partial charge is 0.445 e. The summed E-state index contributed by atoms with van der Waals surface area (Å²) in [6, 6.07) is 29.3. The summed E-state index contributed by atoms with van der Waals surface area (Å²) in [6.07, 6.45) is -0.105. The first-order valence-corrected chi connectivity index (χ1v) is 15.4. The van der Waals surface area contributed by atoms with E-state index in [2.05, 4.69) is 50.4 Å². The zero-order valence-corrected chi connectivity index (χ0v) is 24.4. The Kier molecular flexibility index (Phi) is 11.0. The molecular weight excluding hydrogens is 506 g/mol. The molecule has 0 aliphatic carbocycles. The van der Waals surface area contributed by atoms with Crippen molar-refractivity contribution in [3.63, 3.8) is 0 Å². The summed E-state index contributed by atoms with van der Waals surface area (Å²) in [7, 11) is -2.98. The van der Waals surface area contributed by atoms with Crippen LogP contribution in [-0.4, -0.2) is 44.1 Å². The fourth-order valence-corrected chi connectivity index (χ4v) is 9.81. The van der Waals surface area contributed by atoms with Crippen molar-refractivity contribution in [3.8, 4) is 0 Å². The number of nitrogens with one attached hydrogen (secondary N) is 1. The second kappa shape index (κ2) is 14.2. The topological polar surface area (TPSA) is 84.9 Å². The van der Waals surface area contributed by atoms with Gasteiger partial charge in [-0.05, 0) is 40.7 Å². The highest BCUT2D eigenvalue weighted by Gasteiger charge is 2.52. The van der Waals surface area contributed by atoms with E-state index in [-0.39, 0.29) is 30.5 Å². The highest BCUT2D eigenvalue weighted by molar-refractivity contribution is 6.99. The molecule has 2 atom stereocenters. The predicted octanol–water partition coefficient (Wildman–Crippen LogP) is 4.98. The number of amides is 1. The van der Waals surface area contributed by atoms with E-state index in [0.29, 0.717) is 12.8 Å². The van der Waals surface area contributed by atoms with Crippen LogP contribution >= 0.6 is 0 Å². The fourth-order valence-electron chi connectivity index (χ4n) is 5.05. The number of benzene rings is 3. The molecule has 208 valence electrons. The molecule has 3 aromatic carbocycles. The quantitative estimate of drug-likeness (QED) is 0.295. The average molecular weight is 548 g/mol. The number of alkyl carbamates (subject to hydrolysis) is 1. The Morgan fingerprint density at radius 2 is 1.38 bits per heavy atom. The molecule has 1 amide bonds. The summed E-state index contributed by atoms with van der Waals surface area (Å²) in [5.41, 5.74) is 0.871. The molecule has 7 heteroatoms. The number of carbonyl (C=O) groups excluding carboxylic acids is 2. The van der Waals surface area contributed by atoms with E-state index in [1.807, 2.05) is 66.7 Å². The summed E-state index contributed by atoms with van der Waals surface area (Å²) in [5, 5.41) is 14.6. The first kappa shape index (κ1) is 30.3. The first-order chi connectivity index (χ1) is 18.7. The third-order valence-electron chi connectivity index (χ3n) is 6.86.